The molecule has 0 radical (unpaired) electrons. The normalized spacial score (nSPS) is 11.0. The second kappa shape index (κ2) is 7.67. The van der Waals surface area contributed by atoms with Crippen LogP contribution in [-0.4, -0.2) is 25.3 Å². The molecule has 0 aliphatic carbocycles. The van der Waals surface area contributed by atoms with Crippen LogP contribution in [0.2, 0.25) is 0 Å². The first kappa shape index (κ1) is 18.5. The minimum atomic E-state index is -0.439. The van der Waals surface area contributed by atoms with Crippen LogP contribution >= 0.6 is 0 Å². The van der Waals surface area contributed by atoms with Gasteiger partial charge in [0.05, 0.1) is 5.69 Å². The maximum atomic E-state index is 13.0. The van der Waals surface area contributed by atoms with Crippen molar-refractivity contribution in [1.29, 1.82) is 0 Å². The van der Waals surface area contributed by atoms with Gasteiger partial charge in [-0.1, -0.05) is 31.2 Å². The third-order valence-electron chi connectivity index (χ3n) is 4.57. The number of benzene rings is 2. The number of aromatic nitrogens is 4. The summed E-state index contributed by atoms with van der Waals surface area (Å²) in [6.45, 7) is 1.82. The lowest BCUT2D eigenvalue weighted by Crippen LogP contribution is -2.30. The Labute approximate surface area is 165 Å². The van der Waals surface area contributed by atoms with Crippen molar-refractivity contribution in [2.75, 3.05) is 5.32 Å². The van der Waals surface area contributed by atoms with Gasteiger partial charge in [0.25, 0.3) is 5.56 Å². The van der Waals surface area contributed by atoms with Gasteiger partial charge in [-0.25, -0.2) is 13.6 Å². The molecule has 1 amide bonds. The Bertz CT molecular complexity index is 1230. The smallest absolute Gasteiger partial charge is 0.293 e. The highest BCUT2D eigenvalue weighted by atomic mass is 19.1. The molecule has 2 aromatic carbocycles. The highest BCUT2D eigenvalue weighted by Gasteiger charge is 2.12. The van der Waals surface area contributed by atoms with E-state index in [1.54, 1.807) is 6.07 Å². The summed E-state index contributed by atoms with van der Waals surface area (Å²) in [6, 6.07) is 15.0. The topological polar surface area (TPSA) is 81.3 Å². The number of nitrogens with one attached hydrogen (secondary N) is 1. The largest absolute Gasteiger partial charge is 0.324 e. The van der Waals surface area contributed by atoms with E-state index in [9.17, 15) is 14.0 Å². The second-order valence-electron chi connectivity index (χ2n) is 6.56. The fourth-order valence-electron chi connectivity index (χ4n) is 2.97. The lowest BCUT2D eigenvalue weighted by atomic mass is 10.1. The van der Waals surface area contributed by atoms with Crippen LogP contribution in [0.3, 0.4) is 0 Å². The molecule has 2 heterocycles. The fourth-order valence-corrected chi connectivity index (χ4v) is 2.97. The molecule has 0 spiro atoms. The Balaban J connectivity index is 1.57. The zero-order chi connectivity index (χ0) is 20.4. The number of aryl methyl sites for hydroxylation is 1. The number of nitrogens with zero attached hydrogens (tertiary/aromatic N) is 4. The van der Waals surface area contributed by atoms with Crippen LogP contribution in [0.5, 0.6) is 0 Å². The number of anilines is 1. The first-order valence-electron chi connectivity index (χ1n) is 9.13. The van der Waals surface area contributed by atoms with Crippen molar-refractivity contribution < 1.29 is 9.18 Å². The molecule has 2 aromatic heterocycles. The van der Waals surface area contributed by atoms with Crippen LogP contribution in [0.15, 0.2) is 65.7 Å². The monoisotopic (exact) mass is 391 g/mol. The molecule has 0 fully saturated rings. The van der Waals surface area contributed by atoms with Crippen molar-refractivity contribution in [3.8, 4) is 11.3 Å². The van der Waals surface area contributed by atoms with Crippen LogP contribution in [0.4, 0.5) is 10.1 Å². The summed E-state index contributed by atoms with van der Waals surface area (Å²) in [5.41, 5.74) is 3.10. The Morgan fingerprint density at radius 1 is 1.10 bits per heavy atom. The van der Waals surface area contributed by atoms with E-state index in [1.807, 2.05) is 24.3 Å². The van der Waals surface area contributed by atoms with Crippen LogP contribution in [0, 0.1) is 5.82 Å². The summed E-state index contributed by atoms with van der Waals surface area (Å²) in [7, 11) is 0. The van der Waals surface area contributed by atoms with Crippen LogP contribution in [-0.2, 0) is 17.8 Å². The van der Waals surface area contributed by atoms with Gasteiger partial charge < -0.3 is 5.32 Å². The predicted molar refractivity (Wildman–Crippen MR) is 107 cm³/mol. The second-order valence-corrected chi connectivity index (χ2v) is 6.56. The van der Waals surface area contributed by atoms with E-state index in [4.69, 9.17) is 0 Å². The molecule has 0 unspecified atom stereocenters. The number of carbonyl (C=O) groups is 1. The molecule has 4 rings (SSSR count). The van der Waals surface area contributed by atoms with E-state index in [1.165, 1.54) is 40.7 Å². The summed E-state index contributed by atoms with van der Waals surface area (Å²) in [6.07, 6.45) is 2.34. The molecule has 146 valence electrons. The van der Waals surface area contributed by atoms with Gasteiger partial charge in [-0.2, -0.15) is 10.2 Å². The third kappa shape index (κ3) is 3.91. The third-order valence-corrected chi connectivity index (χ3v) is 4.57. The number of halogens is 1. The average Bonchev–Trinajstić information content (AvgIpc) is 3.17. The Morgan fingerprint density at radius 3 is 2.52 bits per heavy atom. The minimum absolute atomic E-state index is 0.265. The number of fused-ring (bicyclic) bond motifs is 1. The molecular weight excluding hydrogens is 373 g/mol. The van der Waals surface area contributed by atoms with Crippen molar-refractivity contribution in [3.05, 3.63) is 82.7 Å². The number of hydrogen-bond acceptors (Lipinski definition) is 4. The van der Waals surface area contributed by atoms with Gasteiger partial charge in [-0.15, -0.1) is 0 Å². The van der Waals surface area contributed by atoms with Crippen LogP contribution in [0.1, 0.15) is 12.5 Å². The lowest BCUT2D eigenvalue weighted by Gasteiger charge is -2.06. The standard InChI is InChI=1S/C21H18FN5O2/c1-2-14-3-5-15(6-4-14)18-11-19-21(29)26(23-13-27(19)25-18)12-20(28)24-17-9-7-16(22)8-10-17/h3-11,13H,2,12H2,1H3,(H,24,28). The summed E-state index contributed by atoms with van der Waals surface area (Å²) in [5.74, 6) is -0.836. The molecule has 1 N–H and O–H groups in total. The lowest BCUT2D eigenvalue weighted by molar-refractivity contribution is -0.117. The van der Waals surface area contributed by atoms with Crippen molar-refractivity contribution in [3.63, 3.8) is 0 Å². The van der Waals surface area contributed by atoms with Gasteiger partial charge in [-0.3, -0.25) is 9.59 Å². The zero-order valence-electron chi connectivity index (χ0n) is 15.7. The highest BCUT2D eigenvalue weighted by Crippen LogP contribution is 2.19. The van der Waals surface area contributed by atoms with E-state index in [2.05, 4.69) is 22.4 Å². The highest BCUT2D eigenvalue weighted by molar-refractivity contribution is 5.90. The predicted octanol–water partition coefficient (Wildman–Crippen LogP) is 2.90. The summed E-state index contributed by atoms with van der Waals surface area (Å²) >= 11 is 0. The molecule has 0 bridgehead atoms. The zero-order valence-corrected chi connectivity index (χ0v) is 15.7. The van der Waals surface area contributed by atoms with Crippen molar-refractivity contribution in [2.45, 2.75) is 19.9 Å². The van der Waals surface area contributed by atoms with E-state index in [0.717, 1.165) is 16.7 Å². The number of hydrogen-bond donors (Lipinski definition) is 1. The Hall–Kier alpha value is -3.81. The summed E-state index contributed by atoms with van der Waals surface area (Å²) in [5, 5.41) is 11.0. The Kier molecular flexibility index (Phi) is 4.90. The van der Waals surface area contributed by atoms with Gasteiger partial charge in [-0.05, 0) is 42.3 Å². The molecule has 8 heteroatoms. The number of amides is 1. The van der Waals surface area contributed by atoms with Crippen LogP contribution < -0.4 is 10.9 Å². The maximum absolute atomic E-state index is 13.0. The van der Waals surface area contributed by atoms with E-state index in [-0.39, 0.29) is 6.54 Å². The van der Waals surface area contributed by atoms with Gasteiger partial charge in [0.1, 0.15) is 24.2 Å². The quantitative estimate of drug-likeness (QED) is 0.567. The van der Waals surface area contributed by atoms with Gasteiger partial charge in [0.15, 0.2) is 0 Å². The molecule has 0 aliphatic rings. The fraction of sp³-hybridized carbons (Fsp3) is 0.143. The van der Waals surface area contributed by atoms with Gasteiger partial charge in [0.2, 0.25) is 5.91 Å². The number of rotatable bonds is 5. The first-order chi connectivity index (χ1) is 14.0. The van der Waals surface area contributed by atoms with Crippen molar-refractivity contribution >= 4 is 17.1 Å². The number of carbonyl (C=O) groups excluding carboxylic acids is 1. The van der Waals surface area contributed by atoms with E-state index < -0.39 is 17.3 Å². The molecule has 0 aliphatic heterocycles. The average molecular weight is 391 g/mol. The SMILES string of the molecule is CCc1ccc(-c2cc3c(=O)n(CC(=O)Nc4ccc(F)cc4)ncn3n2)cc1. The summed E-state index contributed by atoms with van der Waals surface area (Å²) < 4.78 is 15.4. The molecule has 4 aromatic rings. The molecule has 0 saturated heterocycles. The molecule has 0 saturated carbocycles. The maximum Gasteiger partial charge on any atom is 0.293 e. The molecule has 7 nitrogen and oxygen atoms in total. The van der Waals surface area contributed by atoms with Crippen molar-refractivity contribution in [2.24, 2.45) is 0 Å². The van der Waals surface area contributed by atoms with Gasteiger partial charge >= 0.3 is 0 Å². The van der Waals surface area contributed by atoms with E-state index in [0.29, 0.717) is 16.9 Å². The summed E-state index contributed by atoms with van der Waals surface area (Å²) in [4.78, 5) is 24.9. The van der Waals surface area contributed by atoms with Gasteiger partial charge in [0, 0.05) is 11.3 Å². The molecular formula is C21H18FN5O2. The Morgan fingerprint density at radius 2 is 1.83 bits per heavy atom. The van der Waals surface area contributed by atoms with E-state index >= 15 is 0 Å². The molecule has 29 heavy (non-hydrogen) atoms. The first-order valence-corrected chi connectivity index (χ1v) is 9.13. The molecule has 0 atom stereocenters. The minimum Gasteiger partial charge on any atom is -0.324 e. The van der Waals surface area contributed by atoms with Crippen LogP contribution in [0.25, 0.3) is 16.8 Å². The van der Waals surface area contributed by atoms with Crippen molar-refractivity contribution in [1.82, 2.24) is 19.4 Å².